The number of hydrogen-bond donors (Lipinski definition) is 1. The highest BCUT2D eigenvalue weighted by atomic mass is 35.5. The van der Waals surface area contributed by atoms with E-state index in [2.05, 4.69) is 15.3 Å². The molecule has 0 fully saturated rings. The maximum Gasteiger partial charge on any atom is 0.258 e. The van der Waals surface area contributed by atoms with Crippen molar-refractivity contribution in [2.75, 3.05) is 11.9 Å². The zero-order chi connectivity index (χ0) is 14.5. The Kier molecular flexibility index (Phi) is 4.47. The summed E-state index contributed by atoms with van der Waals surface area (Å²) in [7, 11) is 0. The molecular formula is C13H11ClFN3O2. The lowest BCUT2D eigenvalue weighted by Crippen LogP contribution is -2.13. The molecule has 1 N–H and O–H groups in total. The van der Waals surface area contributed by atoms with E-state index in [4.69, 9.17) is 16.3 Å². The maximum atomic E-state index is 13.1. The number of pyridine rings is 2. The number of hydrogen-bond acceptors (Lipinski definition) is 4. The number of halogens is 2. The zero-order valence-corrected chi connectivity index (χ0v) is 11.3. The number of carbonyl (C=O) groups excluding carboxylic acids is 1. The number of rotatable bonds is 4. The molecule has 0 unspecified atom stereocenters. The highest BCUT2D eigenvalue weighted by Crippen LogP contribution is 2.17. The van der Waals surface area contributed by atoms with Crippen LogP contribution < -0.4 is 10.1 Å². The fraction of sp³-hybridized carbons (Fsp3) is 0.154. The van der Waals surface area contributed by atoms with Gasteiger partial charge in [-0.25, -0.2) is 14.4 Å². The molecule has 0 aromatic carbocycles. The van der Waals surface area contributed by atoms with E-state index in [0.29, 0.717) is 18.2 Å². The third-order valence-electron chi connectivity index (χ3n) is 2.34. The van der Waals surface area contributed by atoms with Crippen molar-refractivity contribution in [3.63, 3.8) is 0 Å². The van der Waals surface area contributed by atoms with Gasteiger partial charge in [0, 0.05) is 6.07 Å². The molecule has 0 bridgehead atoms. The van der Waals surface area contributed by atoms with E-state index in [1.54, 1.807) is 12.1 Å². The quantitative estimate of drug-likeness (QED) is 0.881. The van der Waals surface area contributed by atoms with Crippen LogP contribution in [0.3, 0.4) is 0 Å². The lowest BCUT2D eigenvalue weighted by molar-refractivity contribution is 0.102. The fourth-order valence-corrected chi connectivity index (χ4v) is 1.66. The summed E-state index contributed by atoms with van der Waals surface area (Å²) in [5.41, 5.74) is 0.402. The smallest absolute Gasteiger partial charge is 0.258 e. The number of aromatic nitrogens is 2. The topological polar surface area (TPSA) is 64.1 Å². The molecule has 0 aliphatic heterocycles. The Morgan fingerprint density at radius 2 is 2.20 bits per heavy atom. The van der Waals surface area contributed by atoms with Crippen molar-refractivity contribution in [1.29, 1.82) is 0 Å². The SMILES string of the molecule is CCOc1ccc(NC(=O)c2cc(F)cnc2Cl)cn1. The number of nitrogens with one attached hydrogen (secondary N) is 1. The van der Waals surface area contributed by atoms with Crippen LogP contribution in [0.4, 0.5) is 10.1 Å². The van der Waals surface area contributed by atoms with Crippen LogP contribution in [-0.2, 0) is 0 Å². The van der Waals surface area contributed by atoms with Crippen LogP contribution in [0.2, 0.25) is 5.15 Å². The number of carbonyl (C=O) groups is 1. The van der Waals surface area contributed by atoms with Crippen LogP contribution in [0.25, 0.3) is 0 Å². The molecule has 5 nitrogen and oxygen atoms in total. The van der Waals surface area contributed by atoms with E-state index in [1.807, 2.05) is 6.92 Å². The van der Waals surface area contributed by atoms with Crippen molar-refractivity contribution in [3.05, 3.63) is 47.1 Å². The highest BCUT2D eigenvalue weighted by molar-refractivity contribution is 6.33. The molecule has 2 aromatic rings. The molecular weight excluding hydrogens is 285 g/mol. The number of amides is 1. The van der Waals surface area contributed by atoms with E-state index in [9.17, 15) is 9.18 Å². The van der Waals surface area contributed by atoms with Crippen LogP contribution in [0.1, 0.15) is 17.3 Å². The first-order chi connectivity index (χ1) is 9.60. The fourth-order valence-electron chi connectivity index (χ4n) is 1.47. The Morgan fingerprint density at radius 3 is 2.85 bits per heavy atom. The average Bonchev–Trinajstić information content (AvgIpc) is 2.44. The molecule has 1 amide bonds. The Bertz CT molecular complexity index is 620. The standard InChI is InChI=1S/C13H11ClFN3O2/c1-2-20-11-4-3-9(7-16-11)18-13(19)10-5-8(15)6-17-12(10)14/h3-7H,2H2,1H3,(H,18,19). The molecule has 104 valence electrons. The third-order valence-corrected chi connectivity index (χ3v) is 2.64. The predicted octanol–water partition coefficient (Wildman–Crippen LogP) is 2.92. The summed E-state index contributed by atoms with van der Waals surface area (Å²) in [5, 5.41) is 2.48. The largest absolute Gasteiger partial charge is 0.478 e. The molecule has 0 aliphatic rings. The lowest BCUT2D eigenvalue weighted by Gasteiger charge is -2.07. The minimum absolute atomic E-state index is 0.0412. The van der Waals surface area contributed by atoms with Gasteiger partial charge in [-0.05, 0) is 19.1 Å². The van der Waals surface area contributed by atoms with E-state index in [0.717, 1.165) is 12.3 Å². The van der Waals surface area contributed by atoms with Gasteiger partial charge in [0.1, 0.15) is 11.0 Å². The van der Waals surface area contributed by atoms with Crippen LogP contribution in [0.15, 0.2) is 30.6 Å². The molecule has 2 aromatic heterocycles. The molecule has 20 heavy (non-hydrogen) atoms. The number of anilines is 1. The normalized spacial score (nSPS) is 10.2. The summed E-state index contributed by atoms with van der Waals surface area (Å²) in [6, 6.07) is 4.26. The first kappa shape index (κ1) is 14.2. The summed E-state index contributed by atoms with van der Waals surface area (Å²) >= 11 is 5.75. The van der Waals surface area contributed by atoms with Gasteiger partial charge >= 0.3 is 0 Å². The van der Waals surface area contributed by atoms with E-state index in [1.165, 1.54) is 6.20 Å². The molecule has 0 aliphatic carbocycles. The van der Waals surface area contributed by atoms with E-state index >= 15 is 0 Å². The molecule has 2 heterocycles. The van der Waals surface area contributed by atoms with Gasteiger partial charge in [0.15, 0.2) is 0 Å². The second kappa shape index (κ2) is 6.29. The summed E-state index contributed by atoms with van der Waals surface area (Å²) in [6.07, 6.45) is 2.38. The predicted molar refractivity (Wildman–Crippen MR) is 72.6 cm³/mol. The van der Waals surface area contributed by atoms with Gasteiger partial charge in [-0.2, -0.15) is 0 Å². The Labute approximate surface area is 119 Å². The molecule has 0 saturated heterocycles. The summed E-state index contributed by atoms with van der Waals surface area (Å²) in [5.74, 6) is -0.742. The van der Waals surface area contributed by atoms with Gasteiger partial charge in [-0.1, -0.05) is 11.6 Å². The van der Waals surface area contributed by atoms with Crippen molar-refractivity contribution in [2.24, 2.45) is 0 Å². The molecule has 0 saturated carbocycles. The molecule has 0 atom stereocenters. The molecule has 7 heteroatoms. The Balaban J connectivity index is 2.13. The van der Waals surface area contributed by atoms with Gasteiger partial charge in [-0.15, -0.1) is 0 Å². The first-order valence-electron chi connectivity index (χ1n) is 5.81. The molecule has 0 radical (unpaired) electrons. The second-order valence-corrected chi connectivity index (χ2v) is 4.12. The van der Waals surface area contributed by atoms with Gasteiger partial charge in [-0.3, -0.25) is 4.79 Å². The van der Waals surface area contributed by atoms with Crippen LogP contribution >= 0.6 is 11.6 Å². The minimum Gasteiger partial charge on any atom is -0.478 e. The van der Waals surface area contributed by atoms with Gasteiger partial charge in [0.05, 0.1) is 30.3 Å². The minimum atomic E-state index is -0.635. The lowest BCUT2D eigenvalue weighted by atomic mass is 10.2. The van der Waals surface area contributed by atoms with Crippen LogP contribution in [-0.4, -0.2) is 22.5 Å². The summed E-state index contributed by atoms with van der Waals surface area (Å²) in [6.45, 7) is 2.35. The van der Waals surface area contributed by atoms with Crippen molar-refractivity contribution >= 4 is 23.2 Å². The second-order valence-electron chi connectivity index (χ2n) is 3.76. The van der Waals surface area contributed by atoms with E-state index in [-0.39, 0.29) is 10.7 Å². The average molecular weight is 296 g/mol. The molecule has 0 spiro atoms. The Morgan fingerprint density at radius 1 is 1.40 bits per heavy atom. The zero-order valence-electron chi connectivity index (χ0n) is 10.6. The Hall–Kier alpha value is -2.21. The number of nitrogens with zero attached hydrogens (tertiary/aromatic N) is 2. The van der Waals surface area contributed by atoms with Gasteiger partial charge in [0.25, 0.3) is 5.91 Å². The monoisotopic (exact) mass is 295 g/mol. The molecule has 2 rings (SSSR count). The van der Waals surface area contributed by atoms with Crippen molar-refractivity contribution in [2.45, 2.75) is 6.92 Å². The summed E-state index contributed by atoms with van der Waals surface area (Å²) < 4.78 is 18.2. The third kappa shape index (κ3) is 3.42. The van der Waals surface area contributed by atoms with Crippen LogP contribution in [0, 0.1) is 5.82 Å². The van der Waals surface area contributed by atoms with Gasteiger partial charge in [0.2, 0.25) is 5.88 Å². The first-order valence-corrected chi connectivity index (χ1v) is 6.19. The van der Waals surface area contributed by atoms with Gasteiger partial charge < -0.3 is 10.1 Å². The summed E-state index contributed by atoms with van der Waals surface area (Å²) in [4.78, 5) is 19.5. The van der Waals surface area contributed by atoms with Crippen molar-refractivity contribution < 1.29 is 13.9 Å². The van der Waals surface area contributed by atoms with Crippen molar-refractivity contribution in [1.82, 2.24) is 9.97 Å². The van der Waals surface area contributed by atoms with E-state index < -0.39 is 11.7 Å². The maximum absolute atomic E-state index is 13.1. The highest BCUT2D eigenvalue weighted by Gasteiger charge is 2.13. The van der Waals surface area contributed by atoms with Crippen molar-refractivity contribution in [3.8, 4) is 5.88 Å². The van der Waals surface area contributed by atoms with Crippen LogP contribution in [0.5, 0.6) is 5.88 Å². The number of ether oxygens (including phenoxy) is 1.